The van der Waals surface area contributed by atoms with E-state index in [4.69, 9.17) is 11.6 Å². The summed E-state index contributed by atoms with van der Waals surface area (Å²) in [5.41, 5.74) is -0.650. The fraction of sp³-hybridized carbons (Fsp3) is 0.682. The first-order chi connectivity index (χ1) is 12.8. The molecule has 5 heteroatoms. The molecule has 150 valence electrons. The van der Waals surface area contributed by atoms with Crippen molar-refractivity contribution < 1.29 is 4.79 Å². The van der Waals surface area contributed by atoms with Crippen LogP contribution in [0.15, 0.2) is 29.2 Å². The van der Waals surface area contributed by atoms with Crippen molar-refractivity contribution >= 4 is 29.5 Å². The van der Waals surface area contributed by atoms with Crippen molar-refractivity contribution in [3.8, 4) is 0 Å². The molecule has 1 aromatic carbocycles. The van der Waals surface area contributed by atoms with Crippen LogP contribution in [0.3, 0.4) is 0 Å². The SMILES string of the molecule is CCC1CC2CC(C)CC(C2)C1NC(=O)C(C)(C)NSc1cccc(Cl)c1. The van der Waals surface area contributed by atoms with Gasteiger partial charge in [-0.15, -0.1) is 0 Å². The lowest BCUT2D eigenvalue weighted by atomic mass is 9.62. The first-order valence-electron chi connectivity index (χ1n) is 10.3. The molecule has 2 aliphatic rings. The smallest absolute Gasteiger partial charge is 0.240 e. The van der Waals surface area contributed by atoms with Crippen molar-refractivity contribution in [2.24, 2.45) is 23.7 Å². The monoisotopic (exact) mass is 408 g/mol. The van der Waals surface area contributed by atoms with Crippen molar-refractivity contribution in [2.45, 2.75) is 76.3 Å². The molecule has 2 fully saturated rings. The summed E-state index contributed by atoms with van der Waals surface area (Å²) in [6.45, 7) is 8.55. The minimum atomic E-state index is -0.650. The number of hydrogen-bond acceptors (Lipinski definition) is 3. The average molecular weight is 409 g/mol. The van der Waals surface area contributed by atoms with E-state index in [1.54, 1.807) is 0 Å². The molecule has 0 spiro atoms. The number of rotatable bonds is 6. The molecular formula is C22H33ClN2OS. The van der Waals surface area contributed by atoms with Crippen molar-refractivity contribution in [3.05, 3.63) is 29.3 Å². The predicted molar refractivity (Wildman–Crippen MR) is 115 cm³/mol. The van der Waals surface area contributed by atoms with E-state index >= 15 is 0 Å². The van der Waals surface area contributed by atoms with Gasteiger partial charge in [0.1, 0.15) is 5.54 Å². The van der Waals surface area contributed by atoms with Gasteiger partial charge in [0.15, 0.2) is 0 Å². The standard InChI is InChI=1S/C22H33ClN2OS/c1-5-16-11-15-9-14(2)10-17(12-15)20(16)24-21(26)22(3,4)25-27-19-8-6-7-18(23)13-19/h6-8,13-17,20,25H,5,9-12H2,1-4H3,(H,24,26). The molecule has 3 nitrogen and oxygen atoms in total. The Morgan fingerprint density at radius 1 is 1.26 bits per heavy atom. The molecule has 2 N–H and O–H groups in total. The average Bonchev–Trinajstić information content (AvgIpc) is 2.61. The van der Waals surface area contributed by atoms with E-state index in [1.165, 1.54) is 37.6 Å². The molecule has 0 radical (unpaired) electrons. The molecule has 2 bridgehead atoms. The summed E-state index contributed by atoms with van der Waals surface area (Å²) in [6, 6.07) is 8.00. The Bertz CT molecular complexity index is 663. The van der Waals surface area contributed by atoms with Crippen LogP contribution in [0.2, 0.25) is 5.02 Å². The molecule has 5 atom stereocenters. The van der Waals surface area contributed by atoms with E-state index in [9.17, 15) is 4.79 Å². The predicted octanol–water partition coefficient (Wildman–Crippen LogP) is 5.68. The lowest BCUT2D eigenvalue weighted by Crippen LogP contribution is -2.58. The van der Waals surface area contributed by atoms with Gasteiger partial charge < -0.3 is 5.32 Å². The quantitative estimate of drug-likeness (QED) is 0.594. The van der Waals surface area contributed by atoms with Crippen LogP contribution in [0.4, 0.5) is 0 Å². The van der Waals surface area contributed by atoms with Crippen LogP contribution in [0.1, 0.15) is 59.8 Å². The van der Waals surface area contributed by atoms with E-state index in [2.05, 4.69) is 23.9 Å². The lowest BCUT2D eigenvalue weighted by molar-refractivity contribution is -0.128. The molecule has 3 rings (SSSR count). The van der Waals surface area contributed by atoms with Gasteiger partial charge in [-0.05, 0) is 93.3 Å². The first kappa shape index (κ1) is 21.0. The Hall–Kier alpha value is -0.710. The summed E-state index contributed by atoms with van der Waals surface area (Å²) >= 11 is 7.52. The van der Waals surface area contributed by atoms with Crippen molar-refractivity contribution in [1.29, 1.82) is 0 Å². The third-order valence-electron chi connectivity index (χ3n) is 6.34. The second kappa shape index (κ2) is 8.75. The second-order valence-electron chi connectivity index (χ2n) is 9.13. The van der Waals surface area contributed by atoms with Crippen LogP contribution in [0.5, 0.6) is 0 Å². The number of amides is 1. The molecule has 2 aliphatic carbocycles. The molecule has 1 amide bonds. The van der Waals surface area contributed by atoms with Gasteiger partial charge in [0.2, 0.25) is 5.91 Å². The normalized spacial score (nSPS) is 30.8. The number of benzene rings is 1. The molecule has 27 heavy (non-hydrogen) atoms. The van der Waals surface area contributed by atoms with Crippen LogP contribution in [-0.4, -0.2) is 17.5 Å². The van der Waals surface area contributed by atoms with Crippen LogP contribution in [-0.2, 0) is 4.79 Å². The van der Waals surface area contributed by atoms with Crippen LogP contribution in [0.25, 0.3) is 0 Å². The lowest BCUT2D eigenvalue weighted by Gasteiger charge is -2.48. The van der Waals surface area contributed by atoms with Crippen LogP contribution < -0.4 is 10.0 Å². The highest BCUT2D eigenvalue weighted by Crippen LogP contribution is 2.46. The van der Waals surface area contributed by atoms with Gasteiger partial charge in [0.05, 0.1) is 0 Å². The Kier molecular flexibility index (Phi) is 6.81. The molecule has 0 heterocycles. The van der Waals surface area contributed by atoms with E-state index in [0.717, 1.165) is 23.2 Å². The number of carbonyl (C=O) groups excluding carboxylic acids is 1. The molecule has 1 aromatic rings. The third-order valence-corrected chi connectivity index (χ3v) is 7.68. The Balaban J connectivity index is 1.63. The number of hydrogen-bond donors (Lipinski definition) is 2. The van der Waals surface area contributed by atoms with Gasteiger partial charge in [-0.25, -0.2) is 4.72 Å². The number of carbonyl (C=O) groups is 1. The van der Waals surface area contributed by atoms with Gasteiger partial charge >= 0.3 is 0 Å². The topological polar surface area (TPSA) is 41.1 Å². The van der Waals surface area contributed by atoms with Crippen molar-refractivity contribution in [3.63, 3.8) is 0 Å². The number of nitrogens with one attached hydrogen (secondary N) is 2. The maximum atomic E-state index is 13.1. The van der Waals surface area contributed by atoms with Crippen LogP contribution >= 0.6 is 23.5 Å². The minimum absolute atomic E-state index is 0.0946. The first-order valence-corrected chi connectivity index (χ1v) is 11.5. The number of halogens is 1. The van der Waals surface area contributed by atoms with E-state index in [0.29, 0.717) is 22.9 Å². The fourth-order valence-electron chi connectivity index (χ4n) is 5.00. The summed E-state index contributed by atoms with van der Waals surface area (Å²) in [5, 5.41) is 4.15. The Labute approximate surface area is 173 Å². The molecular weight excluding hydrogens is 376 g/mol. The maximum absolute atomic E-state index is 13.1. The zero-order valence-electron chi connectivity index (χ0n) is 16.9. The van der Waals surface area contributed by atoms with Crippen LogP contribution in [0, 0.1) is 23.7 Å². The number of fused-ring (bicyclic) bond motifs is 2. The van der Waals surface area contributed by atoms with Crippen molar-refractivity contribution in [2.75, 3.05) is 0 Å². The highest BCUT2D eigenvalue weighted by Gasteiger charge is 2.43. The second-order valence-corrected chi connectivity index (χ2v) is 10.4. The van der Waals surface area contributed by atoms with Gasteiger partial charge in [-0.1, -0.05) is 37.9 Å². The third kappa shape index (κ3) is 5.21. The summed E-state index contributed by atoms with van der Waals surface area (Å²) < 4.78 is 3.34. The van der Waals surface area contributed by atoms with Gasteiger partial charge in [-0.3, -0.25) is 4.79 Å². The van der Waals surface area contributed by atoms with Gasteiger partial charge in [0.25, 0.3) is 0 Å². The zero-order valence-corrected chi connectivity index (χ0v) is 18.5. The maximum Gasteiger partial charge on any atom is 0.240 e. The largest absolute Gasteiger partial charge is 0.351 e. The summed E-state index contributed by atoms with van der Waals surface area (Å²) in [7, 11) is 0. The van der Waals surface area contributed by atoms with Gasteiger partial charge in [-0.2, -0.15) is 0 Å². The fourth-order valence-corrected chi connectivity index (χ4v) is 6.05. The summed E-state index contributed by atoms with van der Waals surface area (Å²) in [5.74, 6) is 2.99. The van der Waals surface area contributed by atoms with E-state index in [-0.39, 0.29) is 5.91 Å². The highest BCUT2D eigenvalue weighted by atomic mass is 35.5. The summed E-state index contributed by atoms with van der Waals surface area (Å²) in [6.07, 6.45) is 6.34. The Morgan fingerprint density at radius 3 is 2.74 bits per heavy atom. The highest BCUT2D eigenvalue weighted by molar-refractivity contribution is 7.97. The van der Waals surface area contributed by atoms with E-state index < -0.39 is 5.54 Å². The van der Waals surface area contributed by atoms with E-state index in [1.807, 2.05) is 38.1 Å². The molecule has 0 saturated heterocycles. The molecule has 0 aromatic heterocycles. The zero-order chi connectivity index (χ0) is 19.6. The van der Waals surface area contributed by atoms with Gasteiger partial charge in [0, 0.05) is 16.0 Å². The summed E-state index contributed by atoms with van der Waals surface area (Å²) in [4.78, 5) is 14.1. The molecule has 2 saturated carbocycles. The Morgan fingerprint density at radius 2 is 2.04 bits per heavy atom. The molecule has 0 aliphatic heterocycles. The van der Waals surface area contributed by atoms with Crippen molar-refractivity contribution in [1.82, 2.24) is 10.0 Å². The molecule has 5 unspecified atom stereocenters. The minimum Gasteiger partial charge on any atom is -0.351 e.